The average Bonchev–Trinajstić information content (AvgIpc) is 2.86. The van der Waals surface area contributed by atoms with Crippen LogP contribution in [0.3, 0.4) is 0 Å². The predicted molar refractivity (Wildman–Crippen MR) is 78.0 cm³/mol. The van der Waals surface area contributed by atoms with Crippen LogP contribution in [0.2, 0.25) is 0 Å². The molecule has 5 heteroatoms. The lowest BCUT2D eigenvalue weighted by Crippen LogP contribution is -2.47. The Kier molecular flexibility index (Phi) is 4.58. The first-order valence-corrected chi connectivity index (χ1v) is 7.88. The minimum atomic E-state index is -0.348. The van der Waals surface area contributed by atoms with E-state index in [2.05, 4.69) is 10.3 Å². The van der Waals surface area contributed by atoms with Gasteiger partial charge in [-0.1, -0.05) is 19.3 Å². The van der Waals surface area contributed by atoms with E-state index in [0.29, 0.717) is 6.54 Å². The molecule has 2 rings (SSSR count). The van der Waals surface area contributed by atoms with Crippen LogP contribution in [0.4, 0.5) is 0 Å². The Morgan fingerprint density at radius 2 is 2.21 bits per heavy atom. The Morgan fingerprint density at radius 3 is 2.74 bits per heavy atom. The van der Waals surface area contributed by atoms with Crippen molar-refractivity contribution >= 4 is 17.2 Å². The van der Waals surface area contributed by atoms with Gasteiger partial charge in [0.1, 0.15) is 5.01 Å². The highest BCUT2D eigenvalue weighted by molar-refractivity contribution is 7.09. The van der Waals surface area contributed by atoms with Crippen molar-refractivity contribution in [1.82, 2.24) is 10.3 Å². The lowest BCUT2D eigenvalue weighted by atomic mass is 9.73. The number of carbonyl (C=O) groups is 1. The van der Waals surface area contributed by atoms with Gasteiger partial charge in [-0.2, -0.15) is 0 Å². The Labute approximate surface area is 118 Å². The van der Waals surface area contributed by atoms with Crippen molar-refractivity contribution in [2.24, 2.45) is 11.1 Å². The maximum Gasteiger partial charge on any atom is 0.228 e. The fourth-order valence-electron chi connectivity index (χ4n) is 2.73. The van der Waals surface area contributed by atoms with Crippen molar-refractivity contribution in [2.45, 2.75) is 52.0 Å². The summed E-state index contributed by atoms with van der Waals surface area (Å²) in [6.45, 7) is 4.41. The number of nitrogens with two attached hydrogens (primary N) is 1. The molecule has 0 saturated heterocycles. The molecule has 1 aromatic heterocycles. The molecule has 3 N–H and O–H groups in total. The number of aryl methyl sites for hydroxylation is 1. The van der Waals surface area contributed by atoms with Gasteiger partial charge in [-0.15, -0.1) is 11.3 Å². The molecule has 19 heavy (non-hydrogen) atoms. The Balaban J connectivity index is 2.03. The maximum absolute atomic E-state index is 12.5. The van der Waals surface area contributed by atoms with Crippen LogP contribution in [0.25, 0.3) is 0 Å². The molecule has 1 aliphatic rings. The molecule has 4 nitrogen and oxygen atoms in total. The molecule has 1 amide bonds. The molecular formula is C14H23N3OS. The minimum Gasteiger partial charge on any atom is -0.347 e. The second-order valence-corrected chi connectivity index (χ2v) is 6.46. The molecular weight excluding hydrogens is 258 g/mol. The van der Waals surface area contributed by atoms with E-state index in [1.165, 1.54) is 6.42 Å². The van der Waals surface area contributed by atoms with E-state index >= 15 is 0 Å². The number of nitrogens with one attached hydrogen (secondary N) is 1. The maximum atomic E-state index is 12.5. The summed E-state index contributed by atoms with van der Waals surface area (Å²) < 4.78 is 0. The van der Waals surface area contributed by atoms with Crippen molar-refractivity contribution in [3.8, 4) is 0 Å². The van der Waals surface area contributed by atoms with Crippen LogP contribution in [0.5, 0.6) is 0 Å². The van der Waals surface area contributed by atoms with Crippen molar-refractivity contribution in [2.75, 3.05) is 6.54 Å². The highest BCUT2D eigenvalue weighted by atomic mass is 32.1. The zero-order valence-electron chi connectivity index (χ0n) is 11.7. The van der Waals surface area contributed by atoms with E-state index in [1.54, 1.807) is 11.3 Å². The highest BCUT2D eigenvalue weighted by Gasteiger charge is 2.38. The van der Waals surface area contributed by atoms with Crippen molar-refractivity contribution < 1.29 is 4.79 Å². The first-order chi connectivity index (χ1) is 9.07. The number of hydrogen-bond acceptors (Lipinski definition) is 4. The average molecular weight is 281 g/mol. The number of carbonyl (C=O) groups excluding carboxylic acids is 1. The molecule has 1 heterocycles. The fourth-order valence-corrected chi connectivity index (χ4v) is 3.54. The number of amides is 1. The first-order valence-electron chi connectivity index (χ1n) is 7.00. The van der Waals surface area contributed by atoms with Crippen LogP contribution in [0.15, 0.2) is 5.38 Å². The lowest BCUT2D eigenvalue weighted by Gasteiger charge is -2.35. The standard InChI is InChI=1S/C14H23N3OS/c1-10-8-19-12(16-10)11(2)17-13(18)14(9-15)6-4-3-5-7-14/h8,11H,3-7,9,15H2,1-2H3,(H,17,18). The summed E-state index contributed by atoms with van der Waals surface area (Å²) in [4.78, 5) is 17.0. The molecule has 1 unspecified atom stereocenters. The van der Waals surface area contributed by atoms with Gasteiger partial charge in [0.2, 0.25) is 5.91 Å². The fraction of sp³-hybridized carbons (Fsp3) is 0.714. The molecule has 0 radical (unpaired) electrons. The first kappa shape index (κ1) is 14.5. The second-order valence-electron chi connectivity index (χ2n) is 5.57. The Morgan fingerprint density at radius 1 is 1.53 bits per heavy atom. The van der Waals surface area contributed by atoms with Gasteiger partial charge in [0, 0.05) is 17.6 Å². The summed E-state index contributed by atoms with van der Waals surface area (Å²) in [6, 6.07) is -0.0310. The van der Waals surface area contributed by atoms with Crippen LogP contribution >= 0.6 is 11.3 Å². The van der Waals surface area contributed by atoms with Gasteiger partial charge in [-0.25, -0.2) is 4.98 Å². The summed E-state index contributed by atoms with van der Waals surface area (Å²) in [6.07, 6.45) is 5.26. The number of nitrogens with zero attached hydrogens (tertiary/aromatic N) is 1. The van der Waals surface area contributed by atoms with Gasteiger partial charge in [0.15, 0.2) is 0 Å². The molecule has 0 spiro atoms. The molecule has 106 valence electrons. The van der Waals surface area contributed by atoms with Crippen molar-refractivity contribution in [1.29, 1.82) is 0 Å². The largest absolute Gasteiger partial charge is 0.347 e. The van der Waals surface area contributed by atoms with Crippen molar-refractivity contribution in [3.05, 3.63) is 16.1 Å². The smallest absolute Gasteiger partial charge is 0.228 e. The normalized spacial score (nSPS) is 19.9. The SMILES string of the molecule is Cc1csc(C(C)NC(=O)C2(CN)CCCCC2)n1. The van der Waals surface area contributed by atoms with Crippen molar-refractivity contribution in [3.63, 3.8) is 0 Å². The van der Waals surface area contributed by atoms with Gasteiger partial charge < -0.3 is 11.1 Å². The molecule has 1 aromatic rings. The van der Waals surface area contributed by atoms with E-state index in [4.69, 9.17) is 5.73 Å². The number of thiazole rings is 1. The van der Waals surface area contributed by atoms with Gasteiger partial charge in [-0.3, -0.25) is 4.79 Å². The predicted octanol–water partition coefficient (Wildman–Crippen LogP) is 2.54. The summed E-state index contributed by atoms with van der Waals surface area (Å²) in [7, 11) is 0. The molecule has 1 fully saturated rings. The minimum absolute atomic E-state index is 0.0310. The van der Waals surface area contributed by atoms with Gasteiger partial charge in [0.25, 0.3) is 0 Å². The second kappa shape index (κ2) is 6.01. The Bertz CT molecular complexity index is 438. The topological polar surface area (TPSA) is 68.0 Å². The Hall–Kier alpha value is -0.940. The van der Waals surface area contributed by atoms with Crippen LogP contribution in [0, 0.1) is 12.3 Å². The third kappa shape index (κ3) is 3.15. The molecule has 1 atom stereocenters. The molecule has 1 aliphatic carbocycles. The van der Waals surface area contributed by atoms with Gasteiger partial charge in [-0.05, 0) is 26.7 Å². The molecule has 0 bridgehead atoms. The van der Waals surface area contributed by atoms with Crippen LogP contribution in [0.1, 0.15) is 55.8 Å². The zero-order valence-corrected chi connectivity index (χ0v) is 12.6. The quantitative estimate of drug-likeness (QED) is 0.891. The number of rotatable bonds is 4. The van der Waals surface area contributed by atoms with E-state index in [-0.39, 0.29) is 17.4 Å². The summed E-state index contributed by atoms with van der Waals surface area (Å²) in [5.74, 6) is 0.107. The van der Waals surface area contributed by atoms with Crippen LogP contribution < -0.4 is 11.1 Å². The van der Waals surface area contributed by atoms with Gasteiger partial charge >= 0.3 is 0 Å². The lowest BCUT2D eigenvalue weighted by molar-refractivity contribution is -0.133. The molecule has 0 aromatic carbocycles. The van der Waals surface area contributed by atoms with Crippen LogP contribution in [-0.2, 0) is 4.79 Å². The third-order valence-electron chi connectivity index (χ3n) is 4.04. The monoisotopic (exact) mass is 281 g/mol. The van der Waals surface area contributed by atoms with Gasteiger partial charge in [0.05, 0.1) is 11.5 Å². The molecule has 0 aliphatic heterocycles. The number of hydrogen-bond donors (Lipinski definition) is 2. The van der Waals surface area contributed by atoms with E-state index < -0.39 is 0 Å². The third-order valence-corrected chi connectivity index (χ3v) is 5.18. The summed E-state index contributed by atoms with van der Waals surface area (Å²) in [5, 5.41) is 6.08. The summed E-state index contributed by atoms with van der Waals surface area (Å²) >= 11 is 1.60. The van der Waals surface area contributed by atoms with E-state index in [1.807, 2.05) is 19.2 Å². The van der Waals surface area contributed by atoms with Crippen LogP contribution in [-0.4, -0.2) is 17.4 Å². The summed E-state index contributed by atoms with van der Waals surface area (Å²) in [5.41, 5.74) is 6.54. The number of aromatic nitrogens is 1. The van der Waals surface area contributed by atoms with E-state index in [0.717, 1.165) is 36.4 Å². The van der Waals surface area contributed by atoms with E-state index in [9.17, 15) is 4.79 Å². The molecule has 1 saturated carbocycles. The highest BCUT2D eigenvalue weighted by Crippen LogP contribution is 2.36. The zero-order chi connectivity index (χ0) is 13.9.